The molecule has 4 atom stereocenters. The van der Waals surface area contributed by atoms with Gasteiger partial charge >= 0.3 is 6.09 Å². The number of rotatable bonds is 7. The number of fused-ring (bicyclic) bond motifs is 4. The van der Waals surface area contributed by atoms with Gasteiger partial charge in [-0.05, 0) is 76.3 Å². The van der Waals surface area contributed by atoms with Crippen molar-refractivity contribution < 1.29 is 23.9 Å². The average molecular weight is 642 g/mol. The Hall–Kier alpha value is -4.61. The van der Waals surface area contributed by atoms with Crippen LogP contribution in [0, 0.1) is 11.8 Å². The summed E-state index contributed by atoms with van der Waals surface area (Å²) in [5.74, 6) is 1.62. The number of amides is 3. The number of pyridine rings is 1. The van der Waals surface area contributed by atoms with Crippen LogP contribution in [0.3, 0.4) is 0 Å². The number of alkyl carbamates (subject to hydrolysis) is 1. The molecule has 2 saturated carbocycles. The first-order valence-corrected chi connectivity index (χ1v) is 16.4. The summed E-state index contributed by atoms with van der Waals surface area (Å²) in [6.07, 6.45) is 4.40. The predicted octanol–water partition coefficient (Wildman–Crippen LogP) is 4.59. The van der Waals surface area contributed by atoms with E-state index >= 15 is 0 Å². The van der Waals surface area contributed by atoms with Crippen molar-refractivity contribution in [1.29, 1.82) is 0 Å². The Morgan fingerprint density at radius 3 is 2.60 bits per heavy atom. The van der Waals surface area contributed by atoms with Crippen molar-refractivity contribution in [3.8, 4) is 17.3 Å². The minimum absolute atomic E-state index is 0.0302. The van der Waals surface area contributed by atoms with E-state index in [-0.39, 0.29) is 29.8 Å². The summed E-state index contributed by atoms with van der Waals surface area (Å²) in [7, 11) is 5.32. The summed E-state index contributed by atoms with van der Waals surface area (Å²) in [5, 5.41) is 4.09. The van der Waals surface area contributed by atoms with Crippen molar-refractivity contribution in [2.75, 3.05) is 20.7 Å². The number of aromatic nitrogens is 4. The number of likely N-dealkylation sites (tertiary alicyclic amines) is 1. The molecule has 248 valence electrons. The predicted molar refractivity (Wildman–Crippen MR) is 177 cm³/mol. The number of likely N-dealkylation sites (N-methyl/N-ethyl adjacent to an activating group) is 1. The minimum Gasteiger partial charge on any atom is -0.494 e. The Bertz CT molecular complexity index is 1900. The molecule has 1 unspecified atom stereocenters. The summed E-state index contributed by atoms with van der Waals surface area (Å²) in [6.45, 7) is 8.29. The quantitative estimate of drug-likeness (QED) is 0.313. The summed E-state index contributed by atoms with van der Waals surface area (Å²) in [5.41, 5.74) is 3.12. The van der Waals surface area contributed by atoms with Gasteiger partial charge in [-0.25, -0.2) is 14.8 Å². The molecule has 0 spiro atoms. The number of carbonyl (C=O) groups is 3. The highest BCUT2D eigenvalue weighted by molar-refractivity contribution is 6.00. The Balaban J connectivity index is 1.25. The van der Waals surface area contributed by atoms with Gasteiger partial charge in [0.1, 0.15) is 22.5 Å². The maximum Gasteiger partial charge on any atom is 0.407 e. The molecule has 2 bridgehead atoms. The van der Waals surface area contributed by atoms with Crippen LogP contribution in [0.2, 0.25) is 0 Å². The van der Waals surface area contributed by atoms with E-state index in [1.807, 2.05) is 50.7 Å². The molecule has 1 aromatic carbocycles. The van der Waals surface area contributed by atoms with Crippen LogP contribution in [0.25, 0.3) is 33.6 Å². The second-order valence-corrected chi connectivity index (χ2v) is 14.4. The molecule has 1 aliphatic heterocycles. The van der Waals surface area contributed by atoms with Crippen LogP contribution in [-0.2, 0) is 23.1 Å². The van der Waals surface area contributed by atoms with Crippen molar-refractivity contribution in [3.63, 3.8) is 0 Å². The zero-order chi connectivity index (χ0) is 33.4. The molecule has 3 aromatic heterocycles. The van der Waals surface area contributed by atoms with Crippen molar-refractivity contribution in [1.82, 2.24) is 34.2 Å². The maximum atomic E-state index is 14.4. The number of aryl methyl sites for hydroxylation is 1. The Morgan fingerprint density at radius 1 is 1.15 bits per heavy atom. The summed E-state index contributed by atoms with van der Waals surface area (Å²) in [6, 6.07) is 8.72. The smallest absolute Gasteiger partial charge is 0.407 e. The monoisotopic (exact) mass is 641 g/mol. The van der Waals surface area contributed by atoms with E-state index in [0.717, 1.165) is 34.6 Å². The highest BCUT2D eigenvalue weighted by Crippen LogP contribution is 2.42. The second-order valence-electron chi connectivity index (χ2n) is 14.4. The number of imidazole rings is 1. The third kappa shape index (κ3) is 5.47. The molecule has 1 N–H and O–H groups in total. The number of nitrogens with one attached hydrogen (secondary N) is 1. The lowest BCUT2D eigenvalue weighted by molar-refractivity contribution is -0.130. The topological polar surface area (TPSA) is 124 Å². The normalized spacial score (nSPS) is 22.2. The number of piperidine rings is 1. The largest absolute Gasteiger partial charge is 0.494 e. The SMILES string of the molecule is COc1cc(C(=O)N2C[C@H]3CC(N(C)C(C)=O)[C@@H]2[C@@H]3NC(=O)OC(C)(C)C)cc2nc(-c3cc4cccnc4n3CC3CC3)n(C)c12. The van der Waals surface area contributed by atoms with Crippen molar-refractivity contribution in [2.45, 2.75) is 77.2 Å². The first-order chi connectivity index (χ1) is 22.3. The number of ether oxygens (including phenoxy) is 2. The standard InChI is InChI=1S/C35H43N7O5/c1-19(43)39(5)25-15-23-18-42(30(25)28(23)38-34(45)47-35(2,3)4)33(44)22-13-24-29(27(16-22)46-7)40(6)32(37-24)26-14-21-9-8-12-36-31(21)41(26)17-20-10-11-20/h8-9,12-14,16,20,23,25,28,30H,10-11,15,17-18H2,1-7H3,(H,38,45)/t23-,25?,28-,30-/m1/s1. The lowest BCUT2D eigenvalue weighted by atomic mass is 10.0. The zero-order valence-electron chi connectivity index (χ0n) is 28.1. The fourth-order valence-electron chi connectivity index (χ4n) is 7.56. The molecule has 7 rings (SSSR count). The number of benzene rings is 1. The fourth-order valence-corrected chi connectivity index (χ4v) is 7.56. The number of carbonyl (C=O) groups excluding carboxylic acids is 3. The van der Waals surface area contributed by atoms with Gasteiger partial charge in [0.05, 0.1) is 36.4 Å². The Kier molecular flexibility index (Phi) is 7.44. The molecule has 2 aliphatic carbocycles. The third-order valence-electron chi connectivity index (χ3n) is 9.97. The zero-order valence-corrected chi connectivity index (χ0v) is 28.1. The van der Waals surface area contributed by atoms with Gasteiger partial charge in [0.25, 0.3) is 5.91 Å². The highest BCUT2D eigenvalue weighted by Gasteiger charge is 2.56. The summed E-state index contributed by atoms with van der Waals surface area (Å²) < 4.78 is 15.7. The fraction of sp³-hybridized carbons (Fsp3) is 0.514. The van der Waals surface area contributed by atoms with Gasteiger partial charge in [-0.1, -0.05) is 0 Å². The second kappa shape index (κ2) is 11.3. The molecular weight excluding hydrogens is 598 g/mol. The number of nitrogens with zero attached hydrogens (tertiary/aromatic N) is 6. The molecule has 3 amide bonds. The average Bonchev–Trinajstić information content (AvgIpc) is 3.40. The molecule has 4 aromatic rings. The summed E-state index contributed by atoms with van der Waals surface area (Å²) in [4.78, 5) is 53.0. The van der Waals surface area contributed by atoms with E-state index in [1.165, 1.54) is 19.8 Å². The number of methoxy groups -OCH3 is 1. The third-order valence-corrected chi connectivity index (χ3v) is 9.97. The highest BCUT2D eigenvalue weighted by atomic mass is 16.6. The van der Waals surface area contributed by atoms with Gasteiger partial charge < -0.3 is 33.7 Å². The van der Waals surface area contributed by atoms with E-state index < -0.39 is 17.7 Å². The van der Waals surface area contributed by atoms with Gasteiger partial charge in [0.15, 0.2) is 5.82 Å². The van der Waals surface area contributed by atoms with Crippen molar-refractivity contribution in [2.24, 2.45) is 18.9 Å². The molecular formula is C35H43N7O5. The number of hydrogen-bond donors (Lipinski definition) is 1. The molecule has 12 nitrogen and oxygen atoms in total. The van der Waals surface area contributed by atoms with Crippen molar-refractivity contribution >= 4 is 40.0 Å². The number of hydrogen-bond acceptors (Lipinski definition) is 7. The summed E-state index contributed by atoms with van der Waals surface area (Å²) >= 11 is 0. The molecule has 3 fully saturated rings. The van der Waals surface area contributed by atoms with E-state index in [0.29, 0.717) is 35.7 Å². The van der Waals surface area contributed by atoms with E-state index in [1.54, 1.807) is 30.0 Å². The first-order valence-electron chi connectivity index (χ1n) is 16.4. The molecule has 0 radical (unpaired) electrons. The van der Waals surface area contributed by atoms with E-state index in [2.05, 4.69) is 27.0 Å². The Labute approximate surface area is 274 Å². The van der Waals surface area contributed by atoms with Gasteiger partial charge in [0.2, 0.25) is 5.91 Å². The first kappa shape index (κ1) is 31.0. The van der Waals surface area contributed by atoms with Crippen LogP contribution in [0.1, 0.15) is 57.3 Å². The van der Waals surface area contributed by atoms with Gasteiger partial charge in [-0.2, -0.15) is 0 Å². The molecule has 12 heteroatoms. The van der Waals surface area contributed by atoms with Gasteiger partial charge in [-0.3, -0.25) is 9.59 Å². The van der Waals surface area contributed by atoms with Crippen LogP contribution in [0.4, 0.5) is 4.79 Å². The van der Waals surface area contributed by atoms with Crippen molar-refractivity contribution in [3.05, 3.63) is 42.1 Å². The minimum atomic E-state index is -0.664. The molecule has 3 aliphatic rings. The Morgan fingerprint density at radius 2 is 1.91 bits per heavy atom. The van der Waals surface area contributed by atoms with E-state index in [9.17, 15) is 14.4 Å². The van der Waals surface area contributed by atoms with Gasteiger partial charge in [0, 0.05) is 57.2 Å². The van der Waals surface area contributed by atoms with Gasteiger partial charge in [-0.15, -0.1) is 0 Å². The van der Waals surface area contributed by atoms with Crippen LogP contribution in [0.5, 0.6) is 5.75 Å². The maximum absolute atomic E-state index is 14.4. The molecule has 1 saturated heterocycles. The lowest BCUT2D eigenvalue weighted by Gasteiger charge is -2.38. The van der Waals surface area contributed by atoms with Crippen LogP contribution < -0.4 is 10.1 Å². The van der Waals surface area contributed by atoms with Crippen LogP contribution in [0.15, 0.2) is 36.5 Å². The lowest BCUT2D eigenvalue weighted by Crippen LogP contribution is -2.56. The van der Waals surface area contributed by atoms with E-state index in [4.69, 9.17) is 14.5 Å². The van der Waals surface area contributed by atoms with Crippen LogP contribution >= 0.6 is 0 Å². The van der Waals surface area contributed by atoms with Crippen LogP contribution in [-0.4, -0.2) is 91.2 Å². The molecule has 47 heavy (non-hydrogen) atoms. The molecule has 4 heterocycles.